The van der Waals surface area contributed by atoms with Gasteiger partial charge in [-0.05, 0) is 57.4 Å². The van der Waals surface area contributed by atoms with Crippen molar-refractivity contribution in [2.45, 2.75) is 45.8 Å². The summed E-state index contributed by atoms with van der Waals surface area (Å²) in [6.45, 7) is 8.48. The number of rotatable bonds is 5. The van der Waals surface area contributed by atoms with E-state index in [9.17, 15) is 4.39 Å². The van der Waals surface area contributed by atoms with Crippen molar-refractivity contribution in [2.24, 2.45) is 5.73 Å². The third kappa shape index (κ3) is 3.79. The van der Waals surface area contributed by atoms with Crippen LogP contribution in [0, 0.1) is 12.7 Å². The SMILES string of the molecule is CCOC(C)(C)C(N)Cc1cc(F)ccc1C. The number of nitrogens with two attached hydrogens (primary N) is 1. The molecule has 0 aromatic heterocycles. The predicted molar refractivity (Wildman–Crippen MR) is 68.5 cm³/mol. The Kier molecular flexibility index (Phi) is 4.66. The zero-order valence-electron chi connectivity index (χ0n) is 11.1. The number of halogens is 1. The summed E-state index contributed by atoms with van der Waals surface area (Å²) in [5.74, 6) is -0.216. The molecule has 0 aliphatic rings. The first-order valence-corrected chi connectivity index (χ1v) is 6.01. The highest BCUT2D eigenvalue weighted by atomic mass is 19.1. The van der Waals surface area contributed by atoms with Crippen LogP contribution in [0.3, 0.4) is 0 Å². The van der Waals surface area contributed by atoms with Crippen LogP contribution in [0.2, 0.25) is 0 Å². The maximum absolute atomic E-state index is 13.2. The lowest BCUT2D eigenvalue weighted by Gasteiger charge is -2.31. The smallest absolute Gasteiger partial charge is 0.123 e. The molecule has 0 aliphatic heterocycles. The standard InChI is InChI=1S/C14H22FNO/c1-5-17-14(3,4)13(16)9-11-8-12(15)7-6-10(11)2/h6-8,13H,5,9,16H2,1-4H3. The Bertz CT molecular complexity index is 376. The summed E-state index contributed by atoms with van der Waals surface area (Å²) in [5, 5.41) is 0. The highest BCUT2D eigenvalue weighted by Gasteiger charge is 2.27. The second-order valence-electron chi connectivity index (χ2n) is 4.92. The molecule has 0 bridgehead atoms. The second kappa shape index (κ2) is 5.61. The summed E-state index contributed by atoms with van der Waals surface area (Å²) in [6, 6.07) is 4.66. The molecule has 1 unspecified atom stereocenters. The lowest BCUT2D eigenvalue weighted by Crippen LogP contribution is -2.46. The zero-order valence-corrected chi connectivity index (χ0v) is 11.1. The van der Waals surface area contributed by atoms with Gasteiger partial charge in [-0.1, -0.05) is 6.07 Å². The van der Waals surface area contributed by atoms with Gasteiger partial charge in [-0.2, -0.15) is 0 Å². The third-order valence-corrected chi connectivity index (χ3v) is 3.16. The number of hydrogen-bond donors (Lipinski definition) is 1. The van der Waals surface area contributed by atoms with E-state index in [0.29, 0.717) is 13.0 Å². The van der Waals surface area contributed by atoms with Gasteiger partial charge in [0.15, 0.2) is 0 Å². The highest BCUT2D eigenvalue weighted by Crippen LogP contribution is 2.19. The van der Waals surface area contributed by atoms with E-state index < -0.39 is 5.60 Å². The maximum Gasteiger partial charge on any atom is 0.123 e. The van der Waals surface area contributed by atoms with Crippen molar-refractivity contribution < 1.29 is 9.13 Å². The number of benzene rings is 1. The van der Waals surface area contributed by atoms with Crippen LogP contribution in [0.5, 0.6) is 0 Å². The summed E-state index contributed by atoms with van der Waals surface area (Å²) < 4.78 is 18.8. The minimum atomic E-state index is -0.395. The van der Waals surface area contributed by atoms with E-state index in [4.69, 9.17) is 10.5 Å². The van der Waals surface area contributed by atoms with Crippen LogP contribution in [0.4, 0.5) is 4.39 Å². The largest absolute Gasteiger partial charge is 0.374 e. The van der Waals surface area contributed by atoms with Gasteiger partial charge < -0.3 is 10.5 Å². The molecule has 0 spiro atoms. The number of aryl methyl sites for hydroxylation is 1. The Labute approximate surface area is 103 Å². The van der Waals surface area contributed by atoms with Crippen LogP contribution in [0.15, 0.2) is 18.2 Å². The van der Waals surface area contributed by atoms with Gasteiger partial charge in [-0.3, -0.25) is 0 Å². The molecule has 0 aliphatic carbocycles. The fraction of sp³-hybridized carbons (Fsp3) is 0.571. The summed E-state index contributed by atoms with van der Waals surface area (Å²) in [4.78, 5) is 0. The van der Waals surface area contributed by atoms with Crippen LogP contribution in [-0.4, -0.2) is 18.2 Å². The van der Waals surface area contributed by atoms with Crippen molar-refractivity contribution >= 4 is 0 Å². The fourth-order valence-electron chi connectivity index (χ4n) is 1.82. The molecule has 1 aromatic rings. The molecule has 0 amide bonds. The van der Waals surface area contributed by atoms with Gasteiger partial charge >= 0.3 is 0 Å². The Morgan fingerprint density at radius 1 is 1.41 bits per heavy atom. The molecule has 0 saturated carbocycles. The molecule has 96 valence electrons. The van der Waals surface area contributed by atoms with Gasteiger partial charge in [0, 0.05) is 12.6 Å². The van der Waals surface area contributed by atoms with E-state index in [-0.39, 0.29) is 11.9 Å². The first-order chi connectivity index (χ1) is 7.86. The number of hydrogen-bond acceptors (Lipinski definition) is 2. The first kappa shape index (κ1) is 14.1. The van der Waals surface area contributed by atoms with Gasteiger partial charge in [0.25, 0.3) is 0 Å². The zero-order chi connectivity index (χ0) is 13.1. The van der Waals surface area contributed by atoms with Gasteiger partial charge in [0.2, 0.25) is 0 Å². The molecule has 0 radical (unpaired) electrons. The molecule has 17 heavy (non-hydrogen) atoms. The Balaban J connectivity index is 2.80. The molecule has 3 heteroatoms. The van der Waals surface area contributed by atoms with Crippen LogP contribution >= 0.6 is 0 Å². The van der Waals surface area contributed by atoms with Crippen molar-refractivity contribution in [1.82, 2.24) is 0 Å². The van der Waals surface area contributed by atoms with E-state index in [2.05, 4.69) is 0 Å². The minimum absolute atomic E-state index is 0.150. The molecule has 1 aromatic carbocycles. The van der Waals surface area contributed by atoms with E-state index >= 15 is 0 Å². The topological polar surface area (TPSA) is 35.2 Å². The van der Waals surface area contributed by atoms with E-state index in [1.807, 2.05) is 27.7 Å². The van der Waals surface area contributed by atoms with Gasteiger partial charge in [0.05, 0.1) is 5.60 Å². The predicted octanol–water partition coefficient (Wildman–Crippen LogP) is 2.82. The highest BCUT2D eigenvalue weighted by molar-refractivity contribution is 5.27. The summed E-state index contributed by atoms with van der Waals surface area (Å²) in [5.41, 5.74) is 7.76. The first-order valence-electron chi connectivity index (χ1n) is 6.01. The quantitative estimate of drug-likeness (QED) is 0.857. The molecule has 0 saturated heterocycles. The molecule has 2 nitrogen and oxygen atoms in total. The third-order valence-electron chi connectivity index (χ3n) is 3.16. The average Bonchev–Trinajstić information content (AvgIpc) is 2.23. The van der Waals surface area contributed by atoms with Crippen LogP contribution in [0.25, 0.3) is 0 Å². The molecule has 0 fully saturated rings. The Hall–Kier alpha value is -0.930. The van der Waals surface area contributed by atoms with Crippen molar-refractivity contribution in [3.05, 3.63) is 35.1 Å². The minimum Gasteiger partial charge on any atom is -0.374 e. The van der Waals surface area contributed by atoms with Gasteiger partial charge in [-0.15, -0.1) is 0 Å². The molecule has 1 atom stereocenters. The van der Waals surface area contributed by atoms with Crippen molar-refractivity contribution in [3.63, 3.8) is 0 Å². The van der Waals surface area contributed by atoms with E-state index in [1.165, 1.54) is 6.07 Å². The summed E-state index contributed by atoms with van der Waals surface area (Å²) in [7, 11) is 0. The van der Waals surface area contributed by atoms with Crippen LogP contribution in [-0.2, 0) is 11.2 Å². The lowest BCUT2D eigenvalue weighted by molar-refractivity contribution is -0.0288. The van der Waals surface area contributed by atoms with Crippen LogP contribution in [0.1, 0.15) is 31.9 Å². The van der Waals surface area contributed by atoms with Crippen molar-refractivity contribution in [2.75, 3.05) is 6.61 Å². The monoisotopic (exact) mass is 239 g/mol. The average molecular weight is 239 g/mol. The molecular formula is C14H22FNO. The maximum atomic E-state index is 13.2. The van der Waals surface area contributed by atoms with Crippen molar-refractivity contribution in [1.29, 1.82) is 0 Å². The van der Waals surface area contributed by atoms with E-state index in [1.54, 1.807) is 12.1 Å². The van der Waals surface area contributed by atoms with E-state index in [0.717, 1.165) is 11.1 Å². The molecule has 2 N–H and O–H groups in total. The lowest BCUT2D eigenvalue weighted by atomic mass is 9.91. The molecule has 0 heterocycles. The fourth-order valence-corrected chi connectivity index (χ4v) is 1.82. The molecular weight excluding hydrogens is 217 g/mol. The summed E-state index contributed by atoms with van der Waals surface area (Å²) >= 11 is 0. The number of ether oxygens (including phenoxy) is 1. The summed E-state index contributed by atoms with van der Waals surface area (Å²) in [6.07, 6.45) is 0.622. The normalized spacial score (nSPS) is 13.8. The van der Waals surface area contributed by atoms with Crippen LogP contribution < -0.4 is 5.73 Å². The van der Waals surface area contributed by atoms with Gasteiger partial charge in [-0.25, -0.2) is 4.39 Å². The second-order valence-corrected chi connectivity index (χ2v) is 4.92. The Morgan fingerprint density at radius 2 is 2.06 bits per heavy atom. The van der Waals surface area contributed by atoms with Crippen molar-refractivity contribution in [3.8, 4) is 0 Å². The Morgan fingerprint density at radius 3 is 2.65 bits per heavy atom. The van der Waals surface area contributed by atoms with Gasteiger partial charge in [0.1, 0.15) is 5.82 Å². The molecule has 1 rings (SSSR count).